The average Bonchev–Trinajstić information content (AvgIpc) is 3.60. The molecule has 0 bridgehead atoms. The number of nitrogens with one attached hydrogen (secondary N) is 2. The van der Waals surface area contributed by atoms with Crippen molar-refractivity contribution in [1.82, 2.24) is 15.2 Å². The number of rotatable bonds is 12. The molecular weight excluding hydrogens is 683 g/mol. The lowest BCUT2D eigenvalue weighted by Crippen LogP contribution is -2.73. The van der Waals surface area contributed by atoms with E-state index in [9.17, 15) is 14.4 Å². The van der Waals surface area contributed by atoms with Crippen molar-refractivity contribution in [1.29, 1.82) is 0 Å². The van der Waals surface area contributed by atoms with Gasteiger partial charge in [0.2, 0.25) is 0 Å². The number of β-lactam (4-membered cyclic amide) rings is 1. The molecule has 51 heavy (non-hydrogen) atoms. The summed E-state index contributed by atoms with van der Waals surface area (Å²) in [5, 5.41) is 12.8. The number of fused-ring (bicyclic) bond motifs is 1. The highest BCUT2D eigenvalue weighted by molar-refractivity contribution is 8.03. The van der Waals surface area contributed by atoms with Gasteiger partial charge in [0.05, 0.1) is 6.04 Å². The molecule has 2 N–H and O–H groups in total. The number of ether oxygens (including phenoxy) is 1. The van der Waals surface area contributed by atoms with Crippen LogP contribution in [0.15, 0.2) is 119 Å². The molecule has 6 rings (SSSR count). The molecule has 2 aliphatic heterocycles. The van der Waals surface area contributed by atoms with E-state index in [0.29, 0.717) is 15.8 Å². The molecular formula is C39H38N5O5S2. The fraction of sp³-hybridized carbons (Fsp3) is 0.256. The van der Waals surface area contributed by atoms with Crippen molar-refractivity contribution >= 4 is 51.7 Å². The number of carbonyl (C=O) groups excluding carboxylic acids is 3. The molecule has 0 spiro atoms. The average molecular weight is 721 g/mol. The molecule has 261 valence electrons. The van der Waals surface area contributed by atoms with Crippen LogP contribution in [-0.2, 0) is 29.5 Å². The van der Waals surface area contributed by atoms with Crippen LogP contribution in [0, 0.1) is 6.08 Å². The molecule has 10 nitrogen and oxygen atoms in total. The monoisotopic (exact) mass is 720 g/mol. The number of esters is 1. The molecule has 12 heteroatoms. The van der Waals surface area contributed by atoms with Crippen molar-refractivity contribution in [2.45, 2.75) is 50.4 Å². The van der Waals surface area contributed by atoms with Crippen molar-refractivity contribution in [3.63, 3.8) is 0 Å². The van der Waals surface area contributed by atoms with Gasteiger partial charge in [-0.2, -0.15) is 0 Å². The summed E-state index contributed by atoms with van der Waals surface area (Å²) in [4.78, 5) is 52.6. The Balaban J connectivity index is 1.27. The van der Waals surface area contributed by atoms with Crippen LogP contribution in [0.3, 0.4) is 0 Å². The topological polar surface area (TPSA) is 122 Å². The Labute approximate surface area is 305 Å². The molecule has 3 heterocycles. The van der Waals surface area contributed by atoms with Crippen molar-refractivity contribution in [3.8, 4) is 0 Å². The number of anilines is 1. The number of thiazole rings is 1. The quantitative estimate of drug-likeness (QED) is 0.0578. The van der Waals surface area contributed by atoms with Gasteiger partial charge in [-0.15, -0.1) is 23.1 Å². The number of hydrogen-bond acceptors (Lipinski definition) is 10. The number of hydrogen-bond donors (Lipinski definition) is 2. The summed E-state index contributed by atoms with van der Waals surface area (Å²) in [7, 11) is 1.34. The van der Waals surface area contributed by atoms with Gasteiger partial charge < -0.3 is 20.2 Å². The minimum absolute atomic E-state index is 0.0916. The Kier molecular flexibility index (Phi) is 10.4. The molecule has 1 saturated heterocycles. The number of nitrogens with zero attached hydrogens (tertiary/aromatic N) is 3. The summed E-state index contributed by atoms with van der Waals surface area (Å²) < 4.78 is 5.63. The first-order valence-corrected chi connectivity index (χ1v) is 18.2. The zero-order chi connectivity index (χ0) is 36.2. The maximum Gasteiger partial charge on any atom is 0.356 e. The predicted molar refractivity (Wildman–Crippen MR) is 200 cm³/mol. The lowest BCUT2D eigenvalue weighted by Gasteiger charge is -2.50. The maximum absolute atomic E-state index is 13.8. The second kappa shape index (κ2) is 15.0. The van der Waals surface area contributed by atoms with Gasteiger partial charge in [0.15, 0.2) is 10.8 Å². The van der Waals surface area contributed by atoms with Crippen LogP contribution in [0.5, 0.6) is 0 Å². The summed E-state index contributed by atoms with van der Waals surface area (Å²) in [6.45, 7) is 8.96. The molecule has 2 aliphatic rings. The molecule has 0 aliphatic carbocycles. The minimum Gasteiger partial charge on any atom is -0.455 e. The third-order valence-corrected chi connectivity index (χ3v) is 10.3. The number of benzene rings is 3. The Hall–Kier alpha value is -5.20. The van der Waals surface area contributed by atoms with E-state index in [1.807, 2.05) is 54.6 Å². The molecule has 3 aromatic carbocycles. The zero-order valence-electron chi connectivity index (χ0n) is 28.7. The Morgan fingerprint density at radius 1 is 0.980 bits per heavy atom. The fourth-order valence-electron chi connectivity index (χ4n) is 6.21. The van der Waals surface area contributed by atoms with Gasteiger partial charge in [-0.05, 0) is 43.5 Å². The van der Waals surface area contributed by atoms with E-state index in [4.69, 9.17) is 14.6 Å². The molecule has 1 fully saturated rings. The van der Waals surface area contributed by atoms with Crippen molar-refractivity contribution in [2.24, 2.45) is 5.16 Å². The molecule has 0 saturated carbocycles. The highest BCUT2D eigenvalue weighted by Crippen LogP contribution is 2.42. The first-order valence-electron chi connectivity index (χ1n) is 16.3. The Morgan fingerprint density at radius 2 is 1.55 bits per heavy atom. The van der Waals surface area contributed by atoms with Crippen molar-refractivity contribution < 1.29 is 24.0 Å². The second-order valence-electron chi connectivity index (χ2n) is 12.9. The van der Waals surface area contributed by atoms with E-state index in [0.717, 1.165) is 16.7 Å². The highest BCUT2D eigenvalue weighted by atomic mass is 32.2. The third-order valence-electron chi connectivity index (χ3n) is 8.38. The van der Waals surface area contributed by atoms with Crippen LogP contribution in [0.2, 0.25) is 0 Å². The van der Waals surface area contributed by atoms with E-state index >= 15 is 0 Å². The summed E-state index contributed by atoms with van der Waals surface area (Å²) in [6.07, 6.45) is 3.10. The number of aromatic nitrogens is 1. The van der Waals surface area contributed by atoms with Crippen LogP contribution in [0.1, 0.15) is 49.6 Å². The molecule has 1 radical (unpaired) electrons. The van der Waals surface area contributed by atoms with E-state index < -0.39 is 41.0 Å². The Morgan fingerprint density at radius 3 is 2.06 bits per heavy atom. The van der Waals surface area contributed by atoms with E-state index in [1.165, 1.54) is 35.1 Å². The normalized spacial score (nSPS) is 17.6. The molecule has 2 amide bonds. The highest BCUT2D eigenvalue weighted by Gasteiger charge is 2.54. The van der Waals surface area contributed by atoms with Crippen molar-refractivity contribution in [3.05, 3.63) is 142 Å². The van der Waals surface area contributed by atoms with Crippen LogP contribution in [0.4, 0.5) is 5.13 Å². The molecule has 4 aromatic rings. The number of amides is 2. The first kappa shape index (κ1) is 35.6. The third kappa shape index (κ3) is 7.19. The van der Waals surface area contributed by atoms with Gasteiger partial charge in [0.25, 0.3) is 11.8 Å². The lowest BCUT2D eigenvalue weighted by atomic mass is 9.77. The molecule has 2 atom stereocenters. The smallest absolute Gasteiger partial charge is 0.356 e. The predicted octanol–water partition coefficient (Wildman–Crippen LogP) is 6.27. The summed E-state index contributed by atoms with van der Waals surface area (Å²) in [5.74, 6) is -1.20. The van der Waals surface area contributed by atoms with Gasteiger partial charge in [-0.25, -0.2) is 9.78 Å². The summed E-state index contributed by atoms with van der Waals surface area (Å²) in [5.41, 5.74) is 1.73. The second-order valence-corrected chi connectivity index (χ2v) is 14.8. The largest absolute Gasteiger partial charge is 0.455 e. The number of allylic oxidation sites excluding steroid dienone is 2. The molecule has 2 unspecified atom stereocenters. The van der Waals surface area contributed by atoms with Crippen LogP contribution < -0.4 is 10.6 Å². The SMILES string of the molecule is C=[C]CC1=C(C(=O)OC(C)(C)C)N2C(=O)C(NC(=O)C(=NOC)c3csc(NC(c4ccccc4)(c4ccccc4)c4ccccc4)n3)C2CS1. The van der Waals surface area contributed by atoms with E-state index in [1.54, 1.807) is 26.2 Å². The van der Waals surface area contributed by atoms with Gasteiger partial charge in [-0.3, -0.25) is 14.5 Å². The first-order chi connectivity index (χ1) is 24.6. The van der Waals surface area contributed by atoms with E-state index in [-0.39, 0.29) is 23.5 Å². The minimum atomic E-state index is -0.892. The molecule has 1 aromatic heterocycles. The van der Waals surface area contributed by atoms with Crippen molar-refractivity contribution in [2.75, 3.05) is 18.2 Å². The van der Waals surface area contributed by atoms with Crippen LogP contribution >= 0.6 is 23.1 Å². The number of carbonyl (C=O) groups is 3. The van der Waals surface area contributed by atoms with Gasteiger partial charge in [0.1, 0.15) is 35.7 Å². The summed E-state index contributed by atoms with van der Waals surface area (Å²) in [6, 6.07) is 28.9. The number of oxime groups is 1. The maximum atomic E-state index is 13.8. The summed E-state index contributed by atoms with van der Waals surface area (Å²) >= 11 is 2.74. The number of thioether (sulfide) groups is 1. The van der Waals surface area contributed by atoms with Gasteiger partial charge in [-0.1, -0.05) is 103 Å². The van der Waals surface area contributed by atoms with E-state index in [2.05, 4.69) is 64.8 Å². The van der Waals surface area contributed by atoms with Crippen LogP contribution in [-0.4, -0.2) is 63.9 Å². The Bertz CT molecular complexity index is 1880. The zero-order valence-corrected chi connectivity index (χ0v) is 30.3. The van der Waals surface area contributed by atoms with Crippen LogP contribution in [0.25, 0.3) is 0 Å². The fourth-order valence-corrected chi connectivity index (χ4v) is 8.20. The lowest BCUT2D eigenvalue weighted by molar-refractivity contribution is -0.160. The van der Waals surface area contributed by atoms with Gasteiger partial charge >= 0.3 is 5.97 Å². The standard InChI is InChI=1S/C39H38N5O5S2/c1-6-16-30-33(36(47)49-38(2,3)4)44-29(24-50-30)32(35(44)46)41-34(45)31(43-48-5)28-23-51-37(40-28)42-39(25-17-10-7-11-18-25,26-19-12-8-13-20-26)27-21-14-9-15-22-27/h7-15,17-23,29,32H,1,16,24H2,2-5H3,(H,40,42)(H,41,45). The van der Waals surface area contributed by atoms with Gasteiger partial charge in [0, 0.05) is 22.5 Å².